The molecule has 1 aromatic carbocycles. The SMILES string of the molecule is CCCC(=O)OC.O=CC(=O)Oc1ccccc1. The van der Waals surface area contributed by atoms with Gasteiger partial charge in [-0.3, -0.25) is 9.59 Å². The number of hydrogen-bond donors (Lipinski definition) is 0. The number of carbonyl (C=O) groups is 3. The number of esters is 2. The maximum atomic E-state index is 10.4. The van der Waals surface area contributed by atoms with E-state index in [4.69, 9.17) is 0 Å². The second-order valence-corrected chi connectivity index (χ2v) is 3.18. The van der Waals surface area contributed by atoms with Gasteiger partial charge in [0.2, 0.25) is 6.29 Å². The van der Waals surface area contributed by atoms with E-state index in [0.717, 1.165) is 6.42 Å². The molecular formula is C13H16O5. The summed E-state index contributed by atoms with van der Waals surface area (Å²) in [7, 11) is 1.40. The fraction of sp³-hybridized carbons (Fsp3) is 0.308. The molecule has 5 heteroatoms. The van der Waals surface area contributed by atoms with E-state index in [9.17, 15) is 14.4 Å². The van der Waals surface area contributed by atoms with Gasteiger partial charge in [-0.05, 0) is 18.6 Å². The van der Waals surface area contributed by atoms with Crippen LogP contribution in [-0.4, -0.2) is 25.3 Å². The first-order chi connectivity index (χ1) is 8.63. The van der Waals surface area contributed by atoms with Crippen LogP contribution in [0.15, 0.2) is 30.3 Å². The Balaban J connectivity index is 0.000000360. The molecule has 0 atom stereocenters. The highest BCUT2D eigenvalue weighted by atomic mass is 16.5. The largest absolute Gasteiger partial charge is 0.469 e. The highest BCUT2D eigenvalue weighted by molar-refractivity contribution is 6.21. The summed E-state index contributed by atoms with van der Waals surface area (Å²) in [4.78, 5) is 30.4. The molecule has 0 aliphatic heterocycles. The van der Waals surface area contributed by atoms with Crippen molar-refractivity contribution in [2.75, 3.05) is 7.11 Å². The number of benzene rings is 1. The molecule has 0 fully saturated rings. The summed E-state index contributed by atoms with van der Waals surface area (Å²) in [6, 6.07) is 8.42. The van der Waals surface area contributed by atoms with Crippen LogP contribution in [0.25, 0.3) is 0 Å². The normalized spacial score (nSPS) is 8.56. The zero-order chi connectivity index (χ0) is 13.8. The van der Waals surface area contributed by atoms with E-state index >= 15 is 0 Å². The van der Waals surface area contributed by atoms with Gasteiger partial charge < -0.3 is 9.47 Å². The Morgan fingerprint density at radius 2 is 1.83 bits per heavy atom. The van der Waals surface area contributed by atoms with Crippen LogP contribution >= 0.6 is 0 Å². The maximum absolute atomic E-state index is 10.4. The van der Waals surface area contributed by atoms with E-state index in [2.05, 4.69) is 9.47 Å². The number of carbonyl (C=O) groups excluding carboxylic acids is 3. The van der Waals surface area contributed by atoms with Crippen LogP contribution in [0.3, 0.4) is 0 Å². The van der Waals surface area contributed by atoms with Crippen LogP contribution in [-0.2, 0) is 19.1 Å². The highest BCUT2D eigenvalue weighted by Crippen LogP contribution is 2.07. The van der Waals surface area contributed by atoms with Crippen LogP contribution in [0.5, 0.6) is 5.75 Å². The van der Waals surface area contributed by atoms with Crippen LogP contribution in [0, 0.1) is 0 Å². The summed E-state index contributed by atoms with van der Waals surface area (Å²) in [5.74, 6) is -0.622. The van der Waals surface area contributed by atoms with Crippen LogP contribution in [0.2, 0.25) is 0 Å². The predicted octanol–water partition coefficient (Wildman–Crippen LogP) is 1.75. The van der Waals surface area contributed by atoms with Gasteiger partial charge in [0.15, 0.2) is 0 Å². The molecule has 0 heterocycles. The molecule has 0 aliphatic rings. The molecule has 98 valence electrons. The summed E-state index contributed by atoms with van der Waals surface area (Å²) >= 11 is 0. The minimum absolute atomic E-state index is 0.123. The van der Waals surface area contributed by atoms with Crippen molar-refractivity contribution in [3.8, 4) is 5.75 Å². The number of rotatable bonds is 4. The Kier molecular flexibility index (Phi) is 8.81. The molecule has 1 aromatic rings. The highest BCUT2D eigenvalue weighted by Gasteiger charge is 1.99. The third-order valence-corrected chi connectivity index (χ3v) is 1.74. The molecule has 1 rings (SSSR count). The first kappa shape index (κ1) is 15.8. The van der Waals surface area contributed by atoms with Crippen molar-refractivity contribution in [1.82, 2.24) is 0 Å². The van der Waals surface area contributed by atoms with E-state index < -0.39 is 5.97 Å². The molecule has 0 radical (unpaired) electrons. The van der Waals surface area contributed by atoms with Gasteiger partial charge in [-0.25, -0.2) is 4.79 Å². The first-order valence-corrected chi connectivity index (χ1v) is 5.42. The quantitative estimate of drug-likeness (QED) is 0.353. The van der Waals surface area contributed by atoms with Crippen molar-refractivity contribution in [3.05, 3.63) is 30.3 Å². The molecule has 0 aromatic heterocycles. The third kappa shape index (κ3) is 8.04. The van der Waals surface area contributed by atoms with E-state index in [1.54, 1.807) is 30.3 Å². The molecule has 0 bridgehead atoms. The topological polar surface area (TPSA) is 69.7 Å². The van der Waals surface area contributed by atoms with Gasteiger partial charge in [-0.2, -0.15) is 0 Å². The van der Waals surface area contributed by atoms with Crippen molar-refractivity contribution in [2.24, 2.45) is 0 Å². The number of ether oxygens (including phenoxy) is 2. The van der Waals surface area contributed by atoms with Gasteiger partial charge in [0, 0.05) is 6.42 Å². The first-order valence-electron chi connectivity index (χ1n) is 5.42. The smallest absolute Gasteiger partial charge is 0.376 e. The average Bonchev–Trinajstić information content (AvgIpc) is 2.40. The number of hydrogen-bond acceptors (Lipinski definition) is 5. The van der Waals surface area contributed by atoms with Crippen molar-refractivity contribution >= 4 is 18.2 Å². The number of para-hydroxylation sites is 1. The summed E-state index contributed by atoms with van der Waals surface area (Å²) in [6.07, 6.45) is 1.54. The van der Waals surface area contributed by atoms with E-state index in [-0.39, 0.29) is 12.3 Å². The summed E-state index contributed by atoms with van der Waals surface area (Å²) in [5, 5.41) is 0. The summed E-state index contributed by atoms with van der Waals surface area (Å²) in [6.45, 7) is 1.94. The maximum Gasteiger partial charge on any atom is 0.376 e. The Labute approximate surface area is 106 Å². The Morgan fingerprint density at radius 3 is 2.22 bits per heavy atom. The second-order valence-electron chi connectivity index (χ2n) is 3.18. The minimum Gasteiger partial charge on any atom is -0.469 e. The van der Waals surface area contributed by atoms with Gasteiger partial charge in [0.05, 0.1) is 7.11 Å². The van der Waals surface area contributed by atoms with Gasteiger partial charge in [-0.15, -0.1) is 0 Å². The lowest BCUT2D eigenvalue weighted by molar-refractivity contribution is -0.141. The predicted molar refractivity (Wildman–Crippen MR) is 65.1 cm³/mol. The van der Waals surface area contributed by atoms with Crippen molar-refractivity contribution in [2.45, 2.75) is 19.8 Å². The van der Waals surface area contributed by atoms with Gasteiger partial charge in [0.1, 0.15) is 5.75 Å². The summed E-state index contributed by atoms with van der Waals surface area (Å²) < 4.78 is 8.91. The second kappa shape index (κ2) is 10.0. The summed E-state index contributed by atoms with van der Waals surface area (Å²) in [5.41, 5.74) is 0. The lowest BCUT2D eigenvalue weighted by atomic mass is 10.3. The van der Waals surface area contributed by atoms with Gasteiger partial charge >= 0.3 is 11.9 Å². The Morgan fingerprint density at radius 1 is 1.22 bits per heavy atom. The monoisotopic (exact) mass is 252 g/mol. The lowest BCUT2D eigenvalue weighted by Gasteiger charge is -1.96. The van der Waals surface area contributed by atoms with Crippen LogP contribution in [0.1, 0.15) is 19.8 Å². The average molecular weight is 252 g/mol. The fourth-order valence-electron chi connectivity index (χ4n) is 0.935. The zero-order valence-electron chi connectivity index (χ0n) is 10.4. The molecule has 18 heavy (non-hydrogen) atoms. The fourth-order valence-corrected chi connectivity index (χ4v) is 0.935. The van der Waals surface area contributed by atoms with Crippen molar-refractivity contribution in [3.63, 3.8) is 0 Å². The molecule has 0 unspecified atom stereocenters. The Hall–Kier alpha value is -2.17. The van der Waals surface area contributed by atoms with Crippen LogP contribution < -0.4 is 4.74 Å². The molecular weight excluding hydrogens is 236 g/mol. The minimum atomic E-state index is -0.879. The van der Waals surface area contributed by atoms with E-state index in [1.165, 1.54) is 7.11 Å². The lowest BCUT2D eigenvalue weighted by Crippen LogP contribution is -2.07. The van der Waals surface area contributed by atoms with Crippen LogP contribution in [0.4, 0.5) is 0 Å². The van der Waals surface area contributed by atoms with Gasteiger partial charge in [0.25, 0.3) is 0 Å². The van der Waals surface area contributed by atoms with Crippen molar-refractivity contribution in [1.29, 1.82) is 0 Å². The molecule has 0 aliphatic carbocycles. The molecule has 0 spiro atoms. The molecule has 0 saturated heterocycles. The zero-order valence-corrected chi connectivity index (χ0v) is 10.4. The van der Waals surface area contributed by atoms with Crippen molar-refractivity contribution < 1.29 is 23.9 Å². The van der Waals surface area contributed by atoms with Gasteiger partial charge in [-0.1, -0.05) is 25.1 Å². The van der Waals surface area contributed by atoms with E-state index in [0.29, 0.717) is 12.2 Å². The van der Waals surface area contributed by atoms with E-state index in [1.807, 2.05) is 6.92 Å². The number of aldehydes is 1. The third-order valence-electron chi connectivity index (χ3n) is 1.74. The number of methoxy groups -OCH3 is 1. The molecule has 0 amide bonds. The molecule has 0 N–H and O–H groups in total. The Bertz CT molecular complexity index is 372. The molecule has 5 nitrogen and oxygen atoms in total. The molecule has 0 saturated carbocycles. The standard InChI is InChI=1S/C8H6O3.C5H10O2/c9-6-8(10)11-7-4-2-1-3-5-7;1-3-4-5(6)7-2/h1-6H;3-4H2,1-2H3.